The van der Waals surface area contributed by atoms with Crippen LogP contribution in [0.1, 0.15) is 50.4 Å². The molecule has 2 heterocycles. The van der Waals surface area contributed by atoms with Gasteiger partial charge in [-0.1, -0.05) is 13.3 Å². The summed E-state index contributed by atoms with van der Waals surface area (Å²) < 4.78 is 1.20. The maximum atomic E-state index is 6.28. The largest absolute Gasteiger partial charge is 0.326 e. The molecule has 1 aromatic rings. The molecule has 1 fully saturated rings. The van der Waals surface area contributed by atoms with Crippen LogP contribution in [-0.4, -0.2) is 23.5 Å². The van der Waals surface area contributed by atoms with Crippen molar-refractivity contribution < 1.29 is 0 Å². The molecule has 1 aliphatic rings. The Bertz CT molecular complexity index is 378. The predicted molar refractivity (Wildman–Crippen MR) is 83.0 cm³/mol. The van der Waals surface area contributed by atoms with Crippen molar-refractivity contribution >= 4 is 27.3 Å². The second kappa shape index (κ2) is 6.51. The number of thiophene rings is 1. The Kier molecular flexibility index (Phi) is 5.24. The number of halogens is 1. The summed E-state index contributed by atoms with van der Waals surface area (Å²) in [5.74, 6) is 0. The van der Waals surface area contributed by atoms with Crippen molar-refractivity contribution in [2.45, 2.75) is 57.7 Å². The fourth-order valence-electron chi connectivity index (χ4n) is 3.04. The van der Waals surface area contributed by atoms with Gasteiger partial charge in [-0.2, -0.15) is 0 Å². The van der Waals surface area contributed by atoms with Crippen LogP contribution in [0.3, 0.4) is 0 Å². The van der Waals surface area contributed by atoms with Gasteiger partial charge in [-0.3, -0.25) is 4.90 Å². The van der Waals surface area contributed by atoms with E-state index in [2.05, 4.69) is 46.8 Å². The van der Waals surface area contributed by atoms with Crippen molar-refractivity contribution in [1.29, 1.82) is 0 Å². The Morgan fingerprint density at radius 3 is 2.83 bits per heavy atom. The van der Waals surface area contributed by atoms with Crippen molar-refractivity contribution in [3.63, 3.8) is 0 Å². The third-order valence-corrected chi connectivity index (χ3v) is 5.58. The number of hydrogen-bond acceptors (Lipinski definition) is 3. The molecule has 3 atom stereocenters. The van der Waals surface area contributed by atoms with Gasteiger partial charge in [0.25, 0.3) is 0 Å². The first kappa shape index (κ1) is 14.5. The highest BCUT2D eigenvalue weighted by atomic mass is 79.9. The zero-order chi connectivity index (χ0) is 13.1. The number of likely N-dealkylation sites (tertiary alicyclic amines) is 1. The minimum atomic E-state index is 0.183. The molecule has 0 saturated carbocycles. The van der Waals surface area contributed by atoms with Crippen LogP contribution in [0.4, 0.5) is 0 Å². The average molecular weight is 331 g/mol. The van der Waals surface area contributed by atoms with Gasteiger partial charge in [-0.15, -0.1) is 11.3 Å². The molecule has 102 valence electrons. The highest BCUT2D eigenvalue weighted by Crippen LogP contribution is 2.36. The van der Waals surface area contributed by atoms with Crippen LogP contribution in [-0.2, 0) is 0 Å². The van der Waals surface area contributed by atoms with Crippen LogP contribution in [0.5, 0.6) is 0 Å². The van der Waals surface area contributed by atoms with Crippen LogP contribution < -0.4 is 5.73 Å². The lowest BCUT2D eigenvalue weighted by molar-refractivity contribution is 0.0815. The number of piperidine rings is 1. The molecular formula is C14H23BrN2S. The van der Waals surface area contributed by atoms with E-state index >= 15 is 0 Å². The molecule has 0 aliphatic carbocycles. The van der Waals surface area contributed by atoms with E-state index in [1.54, 1.807) is 0 Å². The van der Waals surface area contributed by atoms with E-state index in [0.29, 0.717) is 12.1 Å². The number of hydrogen-bond donors (Lipinski definition) is 1. The van der Waals surface area contributed by atoms with Crippen molar-refractivity contribution in [2.75, 3.05) is 6.54 Å². The molecule has 1 saturated heterocycles. The summed E-state index contributed by atoms with van der Waals surface area (Å²) in [7, 11) is 0. The first-order valence-electron chi connectivity index (χ1n) is 6.90. The summed E-state index contributed by atoms with van der Waals surface area (Å²) in [6, 6.07) is 5.63. The molecule has 0 amide bonds. The molecule has 1 aromatic heterocycles. The summed E-state index contributed by atoms with van der Waals surface area (Å²) in [5.41, 5.74) is 6.28. The molecule has 0 bridgehead atoms. The zero-order valence-electron chi connectivity index (χ0n) is 11.2. The maximum absolute atomic E-state index is 6.28. The fraction of sp³-hybridized carbons (Fsp3) is 0.714. The van der Waals surface area contributed by atoms with Gasteiger partial charge in [0, 0.05) is 17.0 Å². The fourth-order valence-corrected chi connectivity index (χ4v) is 4.70. The molecule has 18 heavy (non-hydrogen) atoms. The van der Waals surface area contributed by atoms with Gasteiger partial charge in [0.1, 0.15) is 0 Å². The third-order valence-electron chi connectivity index (χ3n) is 3.88. The molecule has 2 nitrogen and oxygen atoms in total. The lowest BCUT2D eigenvalue weighted by Crippen LogP contribution is -2.47. The Labute approximate surface area is 123 Å². The summed E-state index contributed by atoms with van der Waals surface area (Å²) in [6.07, 6.45) is 5.24. The van der Waals surface area contributed by atoms with Gasteiger partial charge in [-0.05, 0) is 60.8 Å². The second-order valence-corrected chi connectivity index (χ2v) is 7.74. The normalized spacial score (nSPS) is 25.0. The van der Waals surface area contributed by atoms with Gasteiger partial charge >= 0.3 is 0 Å². The van der Waals surface area contributed by atoms with E-state index in [4.69, 9.17) is 5.73 Å². The molecule has 0 aromatic carbocycles. The molecule has 1 aliphatic heterocycles. The van der Waals surface area contributed by atoms with Crippen molar-refractivity contribution in [3.05, 3.63) is 20.8 Å². The maximum Gasteiger partial charge on any atom is 0.0702 e. The van der Waals surface area contributed by atoms with Crippen molar-refractivity contribution in [3.8, 4) is 0 Å². The first-order valence-corrected chi connectivity index (χ1v) is 8.51. The van der Waals surface area contributed by atoms with Crippen molar-refractivity contribution in [2.24, 2.45) is 5.73 Å². The van der Waals surface area contributed by atoms with Crippen molar-refractivity contribution in [1.82, 2.24) is 4.90 Å². The summed E-state index contributed by atoms with van der Waals surface area (Å²) >= 11 is 5.39. The number of nitrogens with two attached hydrogens (primary N) is 1. The van der Waals surface area contributed by atoms with E-state index < -0.39 is 0 Å². The zero-order valence-corrected chi connectivity index (χ0v) is 13.6. The quantitative estimate of drug-likeness (QED) is 0.897. The van der Waals surface area contributed by atoms with E-state index in [0.717, 1.165) is 0 Å². The van der Waals surface area contributed by atoms with Crippen LogP contribution >= 0.6 is 27.3 Å². The van der Waals surface area contributed by atoms with Gasteiger partial charge in [0.15, 0.2) is 0 Å². The van der Waals surface area contributed by atoms with E-state index in [9.17, 15) is 0 Å². The highest BCUT2D eigenvalue weighted by Gasteiger charge is 2.31. The standard InChI is InChI=1S/C14H23BrN2S/c1-3-11-6-4-5-9-17(11)14(10(2)16)12-7-8-13(15)18-12/h7-8,10-11,14H,3-6,9,16H2,1-2H3. The van der Waals surface area contributed by atoms with E-state index in [1.165, 1.54) is 40.9 Å². The summed E-state index contributed by atoms with van der Waals surface area (Å²) in [5, 5.41) is 0. The second-order valence-electron chi connectivity index (χ2n) is 5.24. The molecule has 2 N–H and O–H groups in total. The number of nitrogens with zero attached hydrogens (tertiary/aromatic N) is 1. The van der Waals surface area contributed by atoms with E-state index in [1.807, 2.05) is 11.3 Å². The molecule has 2 rings (SSSR count). The minimum absolute atomic E-state index is 0.183. The monoisotopic (exact) mass is 330 g/mol. The lowest BCUT2D eigenvalue weighted by atomic mass is 9.95. The summed E-state index contributed by atoms with van der Waals surface area (Å²) in [6.45, 7) is 5.63. The molecule has 4 heteroatoms. The van der Waals surface area contributed by atoms with Gasteiger partial charge in [0.05, 0.1) is 9.83 Å². The predicted octanol–water partition coefficient (Wildman–Crippen LogP) is 4.16. The SMILES string of the molecule is CCC1CCCCN1C(c1ccc(Br)s1)C(C)N. The Hall–Kier alpha value is 0.1000. The third kappa shape index (κ3) is 3.16. The molecular weight excluding hydrogens is 308 g/mol. The van der Waals surface area contributed by atoms with Gasteiger partial charge in [-0.25, -0.2) is 0 Å². The number of rotatable bonds is 4. The van der Waals surface area contributed by atoms with Gasteiger partial charge in [0.2, 0.25) is 0 Å². The summed E-state index contributed by atoms with van der Waals surface area (Å²) in [4.78, 5) is 4.05. The average Bonchev–Trinajstić information content (AvgIpc) is 2.76. The smallest absolute Gasteiger partial charge is 0.0702 e. The highest BCUT2D eigenvalue weighted by molar-refractivity contribution is 9.11. The molecule has 0 spiro atoms. The van der Waals surface area contributed by atoms with Gasteiger partial charge < -0.3 is 5.73 Å². The topological polar surface area (TPSA) is 29.3 Å². The van der Waals surface area contributed by atoms with Crippen LogP contribution in [0.25, 0.3) is 0 Å². The van der Waals surface area contributed by atoms with Crippen LogP contribution in [0.2, 0.25) is 0 Å². The Balaban J connectivity index is 2.23. The van der Waals surface area contributed by atoms with E-state index in [-0.39, 0.29) is 6.04 Å². The minimum Gasteiger partial charge on any atom is -0.326 e. The van der Waals surface area contributed by atoms with Crippen LogP contribution in [0.15, 0.2) is 15.9 Å². The van der Waals surface area contributed by atoms with Crippen LogP contribution in [0, 0.1) is 0 Å². The molecule has 0 radical (unpaired) electrons. The molecule has 3 unspecified atom stereocenters. The Morgan fingerprint density at radius 1 is 1.50 bits per heavy atom. The lowest BCUT2D eigenvalue weighted by Gasteiger charge is -2.42. The first-order chi connectivity index (χ1) is 8.63. The Morgan fingerprint density at radius 2 is 2.28 bits per heavy atom.